The Hall–Kier alpha value is 0.0499. The third-order valence-electron chi connectivity index (χ3n) is 2.64. The van der Waals surface area contributed by atoms with Gasteiger partial charge in [0.15, 0.2) is 0 Å². The summed E-state index contributed by atoms with van der Waals surface area (Å²) in [6.07, 6.45) is 0.923. The highest BCUT2D eigenvalue weighted by Gasteiger charge is 2.49. The largest absolute Gasteiger partial charge is 0.449 e. The van der Waals surface area contributed by atoms with Gasteiger partial charge in [-0.15, -0.1) is 0 Å². The lowest BCUT2D eigenvalue weighted by molar-refractivity contribution is 0.00578. The molecule has 62 valence electrons. The molecule has 1 rings (SSSR count). The van der Waals surface area contributed by atoms with E-state index in [2.05, 4.69) is 35.5 Å². The van der Waals surface area contributed by atoms with E-state index in [1.165, 1.54) is 0 Å². The van der Waals surface area contributed by atoms with Crippen LogP contribution in [0.15, 0.2) is 0 Å². The molecule has 0 bridgehead atoms. The molecule has 0 aromatic rings. The van der Waals surface area contributed by atoms with Crippen molar-refractivity contribution in [1.82, 2.24) is 0 Å². The van der Waals surface area contributed by atoms with Gasteiger partial charge in [-0.3, -0.25) is 0 Å². The zero-order chi connectivity index (χ0) is 8.70. The van der Waals surface area contributed by atoms with E-state index in [0.717, 1.165) is 6.22 Å². The second-order valence-corrected chi connectivity index (χ2v) is 4.09. The molecular weight excluding hydrogens is 138 g/mol. The zero-order valence-electron chi connectivity index (χ0n) is 8.10. The molecule has 4 heteroatoms. The first-order valence-corrected chi connectivity index (χ1v) is 4.25. The second kappa shape index (κ2) is 2.53. The summed E-state index contributed by atoms with van der Waals surface area (Å²) in [4.78, 5) is 0. The van der Waals surface area contributed by atoms with E-state index in [4.69, 9.17) is 9.31 Å². The van der Waals surface area contributed by atoms with Gasteiger partial charge in [0.05, 0.1) is 19.0 Å². The molecule has 0 aromatic heterocycles. The Kier molecular flexibility index (Phi) is 2.10. The van der Waals surface area contributed by atoms with Gasteiger partial charge in [0.25, 0.3) is 0 Å². The van der Waals surface area contributed by atoms with Gasteiger partial charge in [0.2, 0.25) is 0 Å². The molecule has 11 heavy (non-hydrogen) atoms. The molecule has 1 aliphatic rings. The maximum absolute atomic E-state index is 5.69. The Morgan fingerprint density at radius 2 is 1.45 bits per heavy atom. The Labute approximate surface area is 70.2 Å². The molecule has 1 saturated heterocycles. The van der Waals surface area contributed by atoms with E-state index in [1.54, 1.807) is 0 Å². The lowest BCUT2D eigenvalue weighted by Crippen LogP contribution is -2.41. The standard InChI is InChI=1S/C7H16B2O2/c1-6(2)7(3,4)11-9(5-8)10-6/h5,8H2,1-4H3. The summed E-state index contributed by atoms with van der Waals surface area (Å²) >= 11 is 0. The quantitative estimate of drug-likeness (QED) is 0.516. The van der Waals surface area contributed by atoms with Crippen LogP contribution in [0.1, 0.15) is 27.7 Å². The van der Waals surface area contributed by atoms with Crippen molar-refractivity contribution in [3.8, 4) is 0 Å². The highest BCUT2D eigenvalue weighted by Crippen LogP contribution is 2.37. The van der Waals surface area contributed by atoms with Crippen molar-refractivity contribution < 1.29 is 9.31 Å². The molecule has 0 aromatic carbocycles. The van der Waals surface area contributed by atoms with Crippen molar-refractivity contribution in [2.45, 2.75) is 45.1 Å². The monoisotopic (exact) mass is 154 g/mol. The molecule has 0 N–H and O–H groups in total. The predicted molar refractivity (Wildman–Crippen MR) is 49.4 cm³/mol. The van der Waals surface area contributed by atoms with Gasteiger partial charge in [-0.25, -0.2) is 0 Å². The minimum absolute atomic E-state index is 0.0139. The molecule has 1 heterocycles. The van der Waals surface area contributed by atoms with Crippen molar-refractivity contribution in [1.29, 1.82) is 0 Å². The highest BCUT2D eigenvalue weighted by atomic mass is 16.7. The average Bonchev–Trinajstić information content (AvgIpc) is 2.03. The number of hydrogen-bond donors (Lipinski definition) is 0. The molecule has 1 aliphatic heterocycles. The van der Waals surface area contributed by atoms with Gasteiger partial charge in [0, 0.05) is 0 Å². The van der Waals surface area contributed by atoms with Crippen molar-refractivity contribution in [3.63, 3.8) is 0 Å². The topological polar surface area (TPSA) is 18.5 Å². The van der Waals surface area contributed by atoms with E-state index < -0.39 is 0 Å². The van der Waals surface area contributed by atoms with Gasteiger partial charge in [-0.05, 0) is 33.9 Å². The van der Waals surface area contributed by atoms with Crippen molar-refractivity contribution in [3.05, 3.63) is 0 Å². The van der Waals surface area contributed by atoms with Crippen molar-refractivity contribution >= 4 is 15.0 Å². The van der Waals surface area contributed by atoms with Gasteiger partial charge in [0.1, 0.15) is 0 Å². The Balaban J connectivity index is 2.72. The molecule has 0 saturated carbocycles. The van der Waals surface area contributed by atoms with Crippen LogP contribution in [-0.4, -0.2) is 26.2 Å². The van der Waals surface area contributed by atoms with Gasteiger partial charge >= 0.3 is 7.12 Å². The normalized spacial score (nSPS) is 27.5. The highest BCUT2D eigenvalue weighted by molar-refractivity contribution is 6.54. The second-order valence-electron chi connectivity index (χ2n) is 4.09. The molecule has 0 spiro atoms. The number of rotatable bonds is 1. The third kappa shape index (κ3) is 1.47. The summed E-state index contributed by atoms with van der Waals surface area (Å²) in [6, 6.07) is 0. The Morgan fingerprint density at radius 3 is 1.64 bits per heavy atom. The molecule has 0 unspecified atom stereocenters. The molecule has 2 nitrogen and oxygen atoms in total. The first-order valence-electron chi connectivity index (χ1n) is 4.25. The maximum atomic E-state index is 5.69. The van der Waals surface area contributed by atoms with Crippen LogP contribution in [0.5, 0.6) is 0 Å². The van der Waals surface area contributed by atoms with Gasteiger partial charge in [-0.1, -0.05) is 0 Å². The SMILES string of the molecule is BCB1OC(C)(C)C(C)(C)O1. The van der Waals surface area contributed by atoms with Crippen LogP contribution in [0.25, 0.3) is 0 Å². The molecular formula is C7H16B2O2. The molecule has 0 atom stereocenters. The van der Waals surface area contributed by atoms with Crippen LogP contribution in [-0.2, 0) is 9.31 Å². The third-order valence-corrected chi connectivity index (χ3v) is 2.64. The number of hydrogen-bond acceptors (Lipinski definition) is 2. The summed E-state index contributed by atoms with van der Waals surface area (Å²) in [5.74, 6) is 0. The van der Waals surface area contributed by atoms with Crippen LogP contribution in [0, 0.1) is 0 Å². The van der Waals surface area contributed by atoms with Crippen molar-refractivity contribution in [2.75, 3.05) is 0 Å². The van der Waals surface area contributed by atoms with E-state index >= 15 is 0 Å². The summed E-state index contributed by atoms with van der Waals surface area (Å²) in [5.41, 5.74) is -0.318. The summed E-state index contributed by atoms with van der Waals surface area (Å²) < 4.78 is 11.4. The predicted octanol–water partition coefficient (Wildman–Crippen LogP) is 0.669. The lowest BCUT2D eigenvalue weighted by atomic mass is 9.73. The van der Waals surface area contributed by atoms with Crippen LogP contribution < -0.4 is 0 Å². The summed E-state index contributed by atoms with van der Waals surface area (Å²) in [6.45, 7) is 8.29. The van der Waals surface area contributed by atoms with E-state index in [0.29, 0.717) is 0 Å². The molecule has 0 radical (unpaired) electrons. The first-order chi connectivity index (χ1) is 4.89. The van der Waals surface area contributed by atoms with Crippen LogP contribution in [0.3, 0.4) is 0 Å². The fourth-order valence-electron chi connectivity index (χ4n) is 1.13. The van der Waals surface area contributed by atoms with E-state index in [-0.39, 0.29) is 18.3 Å². The van der Waals surface area contributed by atoms with Gasteiger partial charge < -0.3 is 9.31 Å². The Bertz CT molecular complexity index is 141. The fourth-order valence-corrected chi connectivity index (χ4v) is 1.13. The van der Waals surface area contributed by atoms with Crippen LogP contribution in [0.4, 0.5) is 0 Å². The fraction of sp³-hybridized carbons (Fsp3) is 1.00. The van der Waals surface area contributed by atoms with Crippen molar-refractivity contribution in [2.24, 2.45) is 0 Å². The van der Waals surface area contributed by atoms with Crippen LogP contribution >= 0.6 is 0 Å². The Morgan fingerprint density at radius 1 is 1.09 bits per heavy atom. The maximum Gasteiger partial charge on any atom is 0.449 e. The van der Waals surface area contributed by atoms with Gasteiger partial charge in [-0.2, -0.15) is 0 Å². The average molecular weight is 154 g/mol. The minimum Gasteiger partial charge on any atom is -0.404 e. The minimum atomic E-state index is -0.159. The smallest absolute Gasteiger partial charge is 0.404 e. The summed E-state index contributed by atoms with van der Waals surface area (Å²) in [5, 5.41) is 0. The zero-order valence-corrected chi connectivity index (χ0v) is 8.10. The van der Waals surface area contributed by atoms with E-state index in [1.807, 2.05) is 0 Å². The van der Waals surface area contributed by atoms with E-state index in [9.17, 15) is 0 Å². The summed E-state index contributed by atoms with van der Waals surface area (Å²) in [7, 11) is 2.06. The molecule has 0 amide bonds. The lowest BCUT2D eigenvalue weighted by Gasteiger charge is -2.32. The first kappa shape index (κ1) is 9.14. The van der Waals surface area contributed by atoms with Crippen LogP contribution in [0.2, 0.25) is 6.22 Å². The molecule has 1 fully saturated rings. The molecule has 0 aliphatic carbocycles.